The van der Waals surface area contributed by atoms with Gasteiger partial charge in [-0.15, -0.1) is 6.58 Å². The Kier molecular flexibility index (Phi) is 8.60. The van der Waals surface area contributed by atoms with Crippen LogP contribution in [0.2, 0.25) is 5.02 Å². The van der Waals surface area contributed by atoms with Crippen molar-refractivity contribution in [3.8, 4) is 5.75 Å². The molecular formula is C29H36ClNO5. The zero-order chi connectivity index (χ0) is 25.7. The number of hydrogen-bond donors (Lipinski definition) is 2. The number of nitrogens with one attached hydrogen (secondary N) is 1. The van der Waals surface area contributed by atoms with Crippen LogP contribution in [0.5, 0.6) is 5.75 Å². The summed E-state index contributed by atoms with van der Waals surface area (Å²) in [6.07, 6.45) is 7.56. The molecule has 0 radical (unpaired) electrons. The van der Waals surface area contributed by atoms with Crippen LogP contribution < -0.4 is 10.1 Å². The Bertz CT molecular complexity index is 1090. The molecule has 194 valence electrons. The predicted molar refractivity (Wildman–Crippen MR) is 142 cm³/mol. The maximum atomic E-state index is 11.7. The van der Waals surface area contributed by atoms with Gasteiger partial charge in [-0.3, -0.25) is 0 Å². The number of anilines is 1. The van der Waals surface area contributed by atoms with Crippen LogP contribution in [-0.2, 0) is 21.3 Å². The smallest absolute Gasteiger partial charge is 0.335 e. The summed E-state index contributed by atoms with van der Waals surface area (Å²) in [5.74, 6) is 0.814. The van der Waals surface area contributed by atoms with Crippen LogP contribution in [0.1, 0.15) is 53.6 Å². The molecule has 1 fully saturated rings. The van der Waals surface area contributed by atoms with Gasteiger partial charge in [0.2, 0.25) is 0 Å². The van der Waals surface area contributed by atoms with E-state index in [1.807, 2.05) is 24.3 Å². The van der Waals surface area contributed by atoms with Gasteiger partial charge in [0.1, 0.15) is 12.4 Å². The van der Waals surface area contributed by atoms with Gasteiger partial charge in [0.25, 0.3) is 0 Å². The van der Waals surface area contributed by atoms with Crippen molar-refractivity contribution in [2.24, 2.45) is 11.8 Å². The first-order valence-corrected chi connectivity index (χ1v) is 13.0. The summed E-state index contributed by atoms with van der Waals surface area (Å²) in [7, 11) is 3.29. The molecule has 6 nitrogen and oxygen atoms in total. The molecule has 0 aromatic heterocycles. The molecule has 2 aromatic rings. The van der Waals surface area contributed by atoms with Gasteiger partial charge in [-0.25, -0.2) is 4.79 Å². The van der Waals surface area contributed by atoms with Crippen molar-refractivity contribution >= 4 is 23.3 Å². The summed E-state index contributed by atoms with van der Waals surface area (Å²) in [4.78, 5) is 11.7. The maximum absolute atomic E-state index is 11.7. The minimum Gasteiger partial charge on any atom is -0.490 e. The van der Waals surface area contributed by atoms with Crippen LogP contribution >= 0.6 is 11.6 Å². The zero-order valence-electron chi connectivity index (χ0n) is 21.1. The van der Waals surface area contributed by atoms with E-state index >= 15 is 0 Å². The van der Waals surface area contributed by atoms with Crippen LogP contribution in [0.15, 0.2) is 49.1 Å². The van der Waals surface area contributed by atoms with Crippen molar-refractivity contribution in [3.05, 3.63) is 70.8 Å². The quantitative estimate of drug-likeness (QED) is 0.255. The number of aromatic carboxylic acids is 1. The molecule has 0 saturated heterocycles. The molecule has 0 aliphatic heterocycles. The van der Waals surface area contributed by atoms with Crippen molar-refractivity contribution in [1.29, 1.82) is 0 Å². The molecule has 2 N–H and O–H groups in total. The molecule has 1 saturated carbocycles. The SMILES string of the molecule is C=CC[C@@H]1CC[C@H]1CNc1cc(C(=O)O)ccc1OC[C@@]1(C(OC)OC)CCCc2cc(Cl)ccc21. The predicted octanol–water partition coefficient (Wildman–Crippen LogP) is 6.32. The number of ether oxygens (including phenoxy) is 3. The number of allylic oxidation sites excluding steroid dienone is 1. The summed E-state index contributed by atoms with van der Waals surface area (Å²) in [6, 6.07) is 10.9. The van der Waals surface area contributed by atoms with Crippen molar-refractivity contribution in [1.82, 2.24) is 0 Å². The van der Waals surface area contributed by atoms with Crippen LogP contribution in [0.4, 0.5) is 5.69 Å². The standard InChI is InChI=1S/C29H36ClNO5/c1-4-6-19-8-9-22(19)17-31-25-16-21(27(32)33)10-13-26(25)36-18-29(28(34-2)35-3)14-5-7-20-15-23(30)11-12-24(20)29/h4,10-13,15-16,19,22,28,31H,1,5-9,14,17-18H2,2-3H3,(H,32,33)/t19-,22+,29+/m1/s1. The molecule has 0 spiro atoms. The number of hydrogen-bond acceptors (Lipinski definition) is 5. The lowest BCUT2D eigenvalue weighted by Gasteiger charge is -2.43. The number of carboxylic acids is 1. The highest BCUT2D eigenvalue weighted by molar-refractivity contribution is 6.30. The monoisotopic (exact) mass is 513 g/mol. The third kappa shape index (κ3) is 5.41. The average molecular weight is 514 g/mol. The first kappa shape index (κ1) is 26.5. The van der Waals surface area contributed by atoms with Crippen molar-refractivity contribution in [2.45, 2.75) is 50.2 Å². The first-order valence-electron chi connectivity index (χ1n) is 12.6. The van der Waals surface area contributed by atoms with Crippen LogP contribution in [-0.4, -0.2) is 44.7 Å². The largest absolute Gasteiger partial charge is 0.490 e. The van der Waals surface area contributed by atoms with Gasteiger partial charge in [0, 0.05) is 25.8 Å². The van der Waals surface area contributed by atoms with Gasteiger partial charge in [-0.05, 0) is 91.8 Å². The number of aryl methyl sites for hydroxylation is 1. The Hall–Kier alpha value is -2.54. The Morgan fingerprint density at radius 3 is 2.67 bits per heavy atom. The fourth-order valence-electron chi connectivity index (χ4n) is 5.80. The van der Waals surface area contributed by atoms with E-state index in [4.69, 9.17) is 25.8 Å². The maximum Gasteiger partial charge on any atom is 0.335 e. The van der Waals surface area contributed by atoms with Crippen LogP contribution in [0, 0.1) is 11.8 Å². The number of carboxylic acid groups (broad SMARTS) is 1. The van der Waals surface area contributed by atoms with Crippen molar-refractivity contribution in [2.75, 3.05) is 32.7 Å². The Labute approximate surface area is 218 Å². The second-order valence-corrected chi connectivity index (χ2v) is 10.4. The van der Waals surface area contributed by atoms with Gasteiger partial charge in [0.15, 0.2) is 6.29 Å². The minimum atomic E-state index is -0.967. The lowest BCUT2D eigenvalue weighted by atomic mass is 9.69. The molecule has 0 unspecified atom stereocenters. The fourth-order valence-corrected chi connectivity index (χ4v) is 5.99. The Morgan fingerprint density at radius 1 is 1.22 bits per heavy atom. The number of benzene rings is 2. The molecule has 0 amide bonds. The van der Waals surface area contributed by atoms with E-state index in [-0.39, 0.29) is 5.56 Å². The van der Waals surface area contributed by atoms with Gasteiger partial charge >= 0.3 is 5.97 Å². The highest BCUT2D eigenvalue weighted by Crippen LogP contribution is 2.44. The zero-order valence-corrected chi connectivity index (χ0v) is 21.9. The second-order valence-electron chi connectivity index (χ2n) is 9.92. The van der Waals surface area contributed by atoms with Gasteiger partial charge in [-0.1, -0.05) is 23.7 Å². The van der Waals surface area contributed by atoms with E-state index in [9.17, 15) is 9.90 Å². The van der Waals surface area contributed by atoms with Crippen molar-refractivity contribution in [3.63, 3.8) is 0 Å². The summed E-state index contributed by atoms with van der Waals surface area (Å²) in [5, 5.41) is 13.8. The fraction of sp³-hybridized carbons (Fsp3) is 0.483. The van der Waals surface area contributed by atoms with E-state index in [1.165, 1.54) is 12.0 Å². The normalized spacial score (nSPS) is 23.0. The molecule has 2 aliphatic carbocycles. The molecule has 36 heavy (non-hydrogen) atoms. The summed E-state index contributed by atoms with van der Waals surface area (Å²) >= 11 is 6.30. The third-order valence-corrected chi connectivity index (χ3v) is 8.10. The topological polar surface area (TPSA) is 77.0 Å². The lowest BCUT2D eigenvalue weighted by Crippen LogP contribution is -2.49. The molecule has 0 heterocycles. The highest BCUT2D eigenvalue weighted by atomic mass is 35.5. The van der Waals surface area contributed by atoms with E-state index < -0.39 is 17.7 Å². The van der Waals surface area contributed by atoms with Crippen molar-refractivity contribution < 1.29 is 24.1 Å². The van der Waals surface area contributed by atoms with Crippen LogP contribution in [0.3, 0.4) is 0 Å². The molecule has 7 heteroatoms. The second kappa shape index (κ2) is 11.7. The number of halogens is 1. The Morgan fingerprint density at radius 2 is 2.00 bits per heavy atom. The van der Waals surface area contributed by atoms with E-state index in [0.717, 1.165) is 44.2 Å². The van der Waals surface area contributed by atoms with Gasteiger partial charge in [-0.2, -0.15) is 0 Å². The molecule has 0 bridgehead atoms. The highest BCUT2D eigenvalue weighted by Gasteiger charge is 2.45. The first-order chi connectivity index (χ1) is 17.4. The summed E-state index contributed by atoms with van der Waals surface area (Å²) < 4.78 is 18.1. The summed E-state index contributed by atoms with van der Waals surface area (Å²) in [5.41, 5.74) is 2.67. The summed E-state index contributed by atoms with van der Waals surface area (Å²) in [6.45, 7) is 4.96. The minimum absolute atomic E-state index is 0.222. The Balaban J connectivity index is 1.61. The van der Waals surface area contributed by atoms with E-state index in [0.29, 0.717) is 34.9 Å². The van der Waals surface area contributed by atoms with Gasteiger partial charge < -0.3 is 24.6 Å². The number of methoxy groups -OCH3 is 2. The van der Waals surface area contributed by atoms with Crippen LogP contribution in [0.25, 0.3) is 0 Å². The lowest BCUT2D eigenvalue weighted by molar-refractivity contribution is -0.162. The average Bonchev–Trinajstić information content (AvgIpc) is 2.86. The molecular weight excluding hydrogens is 478 g/mol. The third-order valence-electron chi connectivity index (χ3n) is 7.86. The molecule has 2 aliphatic rings. The number of rotatable bonds is 12. The van der Waals surface area contributed by atoms with Gasteiger partial charge in [0.05, 0.1) is 16.7 Å². The number of carbonyl (C=O) groups is 1. The number of fused-ring (bicyclic) bond motifs is 1. The molecule has 3 atom stereocenters. The van der Waals surface area contributed by atoms with E-state index in [2.05, 4.69) is 11.9 Å². The molecule has 2 aromatic carbocycles. The van der Waals surface area contributed by atoms with E-state index in [1.54, 1.807) is 32.4 Å². The molecule has 4 rings (SSSR count).